The van der Waals surface area contributed by atoms with E-state index in [4.69, 9.17) is 0 Å². The van der Waals surface area contributed by atoms with Crippen molar-refractivity contribution in [2.45, 2.75) is 39.0 Å². The number of nitrogens with zero attached hydrogens (tertiary/aromatic N) is 5. The first-order valence-corrected chi connectivity index (χ1v) is 12.2. The number of anilines is 3. The number of rotatable bonds is 8. The van der Waals surface area contributed by atoms with Crippen LogP contribution in [0.1, 0.15) is 39.0 Å². The van der Waals surface area contributed by atoms with Crippen LogP contribution in [-0.2, 0) is 4.79 Å². The summed E-state index contributed by atoms with van der Waals surface area (Å²) in [4.78, 5) is 27.9. The Labute approximate surface area is 196 Å². The molecule has 1 aromatic carbocycles. The summed E-state index contributed by atoms with van der Waals surface area (Å²) in [6, 6.07) is 8.89. The summed E-state index contributed by atoms with van der Waals surface area (Å²) in [6.45, 7) is 7.60. The van der Waals surface area contributed by atoms with Gasteiger partial charge in [0.2, 0.25) is 5.91 Å². The van der Waals surface area contributed by atoms with Crippen molar-refractivity contribution in [1.82, 2.24) is 14.9 Å². The minimum absolute atomic E-state index is 0.198. The van der Waals surface area contributed by atoms with Crippen LogP contribution in [0.15, 0.2) is 36.7 Å². The highest BCUT2D eigenvalue weighted by Gasteiger charge is 2.25. The maximum absolute atomic E-state index is 14.1. The van der Waals surface area contributed by atoms with Gasteiger partial charge < -0.3 is 20.0 Å². The maximum atomic E-state index is 14.1. The first kappa shape index (κ1) is 23.3. The van der Waals surface area contributed by atoms with E-state index >= 15 is 0 Å². The standard InChI is InChI=1S/C25H35FN6O/c1-2-11-27-23-17-24(29-19-28-23)32-12-5-6-20(18-32)9-10-25(33)31-15-13-30(14-16-31)22-8-4-3-7-21(22)26/h3-4,7-8,17,19-20H,2,5-6,9-16,18H2,1H3,(H,27,28,29)/t20-/m0/s1. The van der Waals surface area contributed by atoms with E-state index in [1.54, 1.807) is 12.4 Å². The van der Waals surface area contributed by atoms with Gasteiger partial charge in [-0.25, -0.2) is 14.4 Å². The summed E-state index contributed by atoms with van der Waals surface area (Å²) < 4.78 is 14.1. The van der Waals surface area contributed by atoms with E-state index in [9.17, 15) is 9.18 Å². The molecule has 0 spiro atoms. The summed E-state index contributed by atoms with van der Waals surface area (Å²) in [6.07, 6.45) is 6.41. The lowest BCUT2D eigenvalue weighted by molar-refractivity contribution is -0.131. The molecular weight excluding hydrogens is 419 g/mol. The molecule has 7 nitrogen and oxygen atoms in total. The first-order valence-electron chi connectivity index (χ1n) is 12.2. The van der Waals surface area contributed by atoms with Crippen molar-refractivity contribution in [3.05, 3.63) is 42.5 Å². The van der Waals surface area contributed by atoms with Crippen molar-refractivity contribution in [3.63, 3.8) is 0 Å². The van der Waals surface area contributed by atoms with Crippen molar-refractivity contribution in [3.8, 4) is 0 Å². The average Bonchev–Trinajstić information content (AvgIpc) is 2.87. The van der Waals surface area contributed by atoms with E-state index in [1.807, 2.05) is 28.0 Å². The highest BCUT2D eigenvalue weighted by atomic mass is 19.1. The van der Waals surface area contributed by atoms with Crippen LogP contribution in [-0.4, -0.2) is 66.6 Å². The largest absolute Gasteiger partial charge is 0.370 e. The Morgan fingerprint density at radius 3 is 2.73 bits per heavy atom. The van der Waals surface area contributed by atoms with Gasteiger partial charge in [-0.05, 0) is 43.7 Å². The minimum Gasteiger partial charge on any atom is -0.370 e. The van der Waals surface area contributed by atoms with Crippen molar-refractivity contribution < 1.29 is 9.18 Å². The number of hydrogen-bond acceptors (Lipinski definition) is 6. The molecule has 1 amide bonds. The summed E-state index contributed by atoms with van der Waals surface area (Å²) in [5.41, 5.74) is 0.629. The first-order chi connectivity index (χ1) is 16.1. The van der Waals surface area contributed by atoms with E-state index in [0.717, 1.165) is 57.0 Å². The predicted molar refractivity (Wildman–Crippen MR) is 130 cm³/mol. The van der Waals surface area contributed by atoms with Gasteiger partial charge in [0, 0.05) is 58.3 Å². The molecule has 33 heavy (non-hydrogen) atoms. The van der Waals surface area contributed by atoms with Crippen molar-refractivity contribution in [2.24, 2.45) is 5.92 Å². The van der Waals surface area contributed by atoms with Gasteiger partial charge in [-0.2, -0.15) is 0 Å². The number of halogens is 1. The van der Waals surface area contributed by atoms with E-state index in [0.29, 0.717) is 44.2 Å². The number of benzene rings is 1. The third-order valence-corrected chi connectivity index (χ3v) is 6.64. The third kappa shape index (κ3) is 6.12. The van der Waals surface area contributed by atoms with E-state index < -0.39 is 0 Å². The number of carbonyl (C=O) groups excluding carboxylic acids is 1. The van der Waals surface area contributed by atoms with Crippen LogP contribution in [0.25, 0.3) is 0 Å². The van der Waals surface area contributed by atoms with Crippen LogP contribution in [0.2, 0.25) is 0 Å². The number of carbonyl (C=O) groups is 1. The van der Waals surface area contributed by atoms with Gasteiger partial charge >= 0.3 is 0 Å². The second-order valence-electron chi connectivity index (χ2n) is 9.00. The molecular formula is C25H35FN6O. The van der Waals surface area contributed by atoms with Crippen LogP contribution in [0, 0.1) is 11.7 Å². The lowest BCUT2D eigenvalue weighted by Crippen LogP contribution is -2.49. The van der Waals surface area contributed by atoms with Gasteiger partial charge in [0.05, 0.1) is 5.69 Å². The third-order valence-electron chi connectivity index (χ3n) is 6.64. The Balaban J connectivity index is 1.24. The quantitative estimate of drug-likeness (QED) is 0.655. The molecule has 4 rings (SSSR count). The highest BCUT2D eigenvalue weighted by molar-refractivity contribution is 5.76. The van der Waals surface area contributed by atoms with Gasteiger partial charge in [-0.1, -0.05) is 19.1 Å². The highest BCUT2D eigenvalue weighted by Crippen LogP contribution is 2.26. The zero-order valence-electron chi connectivity index (χ0n) is 19.5. The second kappa shape index (κ2) is 11.3. The maximum Gasteiger partial charge on any atom is 0.222 e. The second-order valence-corrected chi connectivity index (χ2v) is 9.00. The lowest BCUT2D eigenvalue weighted by atomic mass is 9.93. The Kier molecular flexibility index (Phi) is 7.96. The fraction of sp³-hybridized carbons (Fsp3) is 0.560. The van der Waals surface area contributed by atoms with Crippen LogP contribution < -0.4 is 15.1 Å². The molecule has 2 fully saturated rings. The average molecular weight is 455 g/mol. The van der Waals surface area contributed by atoms with Gasteiger partial charge in [-0.3, -0.25) is 4.79 Å². The molecule has 2 aliphatic rings. The minimum atomic E-state index is -0.198. The summed E-state index contributed by atoms with van der Waals surface area (Å²) in [7, 11) is 0. The molecule has 2 aliphatic heterocycles. The van der Waals surface area contributed by atoms with Crippen LogP contribution in [0.3, 0.4) is 0 Å². The summed E-state index contributed by atoms with van der Waals surface area (Å²) >= 11 is 0. The van der Waals surface area contributed by atoms with E-state index in [-0.39, 0.29) is 11.7 Å². The smallest absolute Gasteiger partial charge is 0.222 e. The molecule has 0 unspecified atom stereocenters. The fourth-order valence-electron chi connectivity index (χ4n) is 4.77. The van der Waals surface area contributed by atoms with Gasteiger partial charge in [-0.15, -0.1) is 0 Å². The van der Waals surface area contributed by atoms with Crippen molar-refractivity contribution >= 4 is 23.2 Å². The molecule has 0 bridgehead atoms. The zero-order valence-corrected chi connectivity index (χ0v) is 19.5. The Morgan fingerprint density at radius 1 is 1.12 bits per heavy atom. The van der Waals surface area contributed by atoms with Crippen LogP contribution >= 0.6 is 0 Å². The summed E-state index contributed by atoms with van der Waals surface area (Å²) in [5.74, 6) is 2.34. The molecule has 0 saturated carbocycles. The zero-order chi connectivity index (χ0) is 23.0. The lowest BCUT2D eigenvalue weighted by Gasteiger charge is -2.37. The van der Waals surface area contributed by atoms with E-state index in [2.05, 4.69) is 27.1 Å². The SMILES string of the molecule is CCCNc1cc(N2CCC[C@@H](CCC(=O)N3CCN(c4ccccc4F)CC3)C2)ncn1. The van der Waals surface area contributed by atoms with Crippen molar-refractivity contribution in [1.29, 1.82) is 0 Å². The topological polar surface area (TPSA) is 64.6 Å². The molecule has 178 valence electrons. The Morgan fingerprint density at radius 2 is 1.94 bits per heavy atom. The monoisotopic (exact) mass is 454 g/mol. The van der Waals surface area contributed by atoms with Gasteiger partial charge in [0.1, 0.15) is 23.8 Å². The molecule has 8 heteroatoms. The number of nitrogens with one attached hydrogen (secondary N) is 1. The van der Waals surface area contributed by atoms with Crippen LogP contribution in [0.4, 0.5) is 21.7 Å². The van der Waals surface area contributed by atoms with Gasteiger partial charge in [0.25, 0.3) is 0 Å². The van der Waals surface area contributed by atoms with Crippen LogP contribution in [0.5, 0.6) is 0 Å². The predicted octanol–water partition coefficient (Wildman–Crippen LogP) is 3.78. The van der Waals surface area contributed by atoms with E-state index in [1.165, 1.54) is 6.07 Å². The number of hydrogen-bond donors (Lipinski definition) is 1. The normalized spacial score (nSPS) is 19.0. The Hall–Kier alpha value is -2.90. The Bertz CT molecular complexity index is 917. The number of piperazine rings is 1. The van der Waals surface area contributed by atoms with Gasteiger partial charge in [0.15, 0.2) is 0 Å². The molecule has 0 aliphatic carbocycles. The summed E-state index contributed by atoms with van der Waals surface area (Å²) in [5, 5.41) is 3.33. The molecule has 2 aromatic rings. The molecule has 3 heterocycles. The number of piperidine rings is 1. The number of para-hydroxylation sites is 1. The number of amides is 1. The molecule has 0 radical (unpaired) electrons. The number of aromatic nitrogens is 2. The van der Waals surface area contributed by atoms with Crippen molar-refractivity contribution in [2.75, 3.05) is 60.9 Å². The fourth-order valence-corrected chi connectivity index (χ4v) is 4.77. The molecule has 2 saturated heterocycles. The molecule has 1 N–H and O–H groups in total. The molecule has 1 atom stereocenters. The molecule has 1 aromatic heterocycles.